The van der Waals surface area contributed by atoms with Crippen molar-refractivity contribution in [3.8, 4) is 17.1 Å². The number of benzene rings is 1. The molecular formula is C14H9ClN4O3S. The Hall–Kier alpha value is -2.71. The van der Waals surface area contributed by atoms with E-state index in [1.54, 1.807) is 24.3 Å². The highest BCUT2D eigenvalue weighted by molar-refractivity contribution is 7.71. The van der Waals surface area contributed by atoms with E-state index < -0.39 is 11.2 Å². The largest absolute Gasteiger partial charge is 0.502 e. The third kappa shape index (κ3) is 3.22. The van der Waals surface area contributed by atoms with Crippen LogP contribution in [0, 0.1) is 4.77 Å². The van der Waals surface area contributed by atoms with Crippen molar-refractivity contribution >= 4 is 30.0 Å². The van der Waals surface area contributed by atoms with Gasteiger partial charge in [-0.25, -0.2) is 5.10 Å². The molecule has 1 aromatic carbocycles. The van der Waals surface area contributed by atoms with Crippen LogP contribution in [0.4, 0.5) is 0 Å². The van der Waals surface area contributed by atoms with Gasteiger partial charge in [-0.1, -0.05) is 11.6 Å². The minimum Gasteiger partial charge on any atom is -0.502 e. The van der Waals surface area contributed by atoms with E-state index in [9.17, 15) is 4.79 Å². The molecule has 0 spiro atoms. The van der Waals surface area contributed by atoms with Gasteiger partial charge in [-0.05, 0) is 36.5 Å². The molecule has 0 saturated heterocycles. The topological polar surface area (TPSA) is 96.4 Å². The summed E-state index contributed by atoms with van der Waals surface area (Å²) in [5, 5.41) is 20.7. The van der Waals surface area contributed by atoms with Gasteiger partial charge in [0.05, 0.1) is 6.21 Å². The molecule has 0 aliphatic heterocycles. The Balaban J connectivity index is 2.00. The number of nitrogens with one attached hydrogen (secondary N) is 1. The number of nitrogens with zero attached hydrogens (tertiary/aromatic N) is 3. The molecule has 0 unspecified atom stereocenters. The van der Waals surface area contributed by atoms with Crippen molar-refractivity contribution in [1.82, 2.24) is 14.9 Å². The Morgan fingerprint density at radius 2 is 2.13 bits per heavy atom. The molecule has 0 fully saturated rings. The fraction of sp³-hybridized carbons (Fsp3) is 0. The molecule has 0 bridgehead atoms. The van der Waals surface area contributed by atoms with Crippen LogP contribution in [0.15, 0.2) is 50.9 Å². The van der Waals surface area contributed by atoms with Crippen molar-refractivity contribution in [2.75, 3.05) is 0 Å². The summed E-state index contributed by atoms with van der Waals surface area (Å²) in [7, 11) is 0. The average molecular weight is 349 g/mol. The fourth-order valence-corrected chi connectivity index (χ4v) is 2.09. The summed E-state index contributed by atoms with van der Waals surface area (Å²) in [5.41, 5.74) is 0.192. The molecule has 116 valence electrons. The molecule has 2 N–H and O–H groups in total. The highest BCUT2D eigenvalue weighted by atomic mass is 35.5. The molecule has 0 amide bonds. The first-order valence-electron chi connectivity index (χ1n) is 6.34. The Morgan fingerprint density at radius 1 is 1.39 bits per heavy atom. The average Bonchev–Trinajstić information content (AvgIpc) is 2.90. The standard InChI is InChI=1S/C14H9ClN4O3S/c15-9-3-1-8(2-4-9)13-17-18-14(23)19(13)16-6-10-5-11(20)12(21)7-22-10/h1-7,21H,(H,18,23). The predicted molar refractivity (Wildman–Crippen MR) is 87.5 cm³/mol. The van der Waals surface area contributed by atoms with Gasteiger partial charge in [0.15, 0.2) is 17.3 Å². The first-order chi connectivity index (χ1) is 11.0. The molecule has 23 heavy (non-hydrogen) atoms. The second-order valence-corrected chi connectivity index (χ2v) is 5.27. The summed E-state index contributed by atoms with van der Waals surface area (Å²) in [4.78, 5) is 11.4. The number of halogens is 1. The lowest BCUT2D eigenvalue weighted by Gasteiger charge is -2.01. The minimum absolute atomic E-state index is 0.165. The number of hydrogen-bond acceptors (Lipinski definition) is 6. The molecule has 0 atom stereocenters. The van der Waals surface area contributed by atoms with Crippen molar-refractivity contribution in [2.45, 2.75) is 0 Å². The van der Waals surface area contributed by atoms with Gasteiger partial charge in [0, 0.05) is 16.7 Å². The lowest BCUT2D eigenvalue weighted by molar-refractivity contribution is 0.427. The molecule has 3 rings (SSSR count). The number of H-pyrrole nitrogens is 1. The zero-order chi connectivity index (χ0) is 16.4. The number of aromatic nitrogens is 3. The van der Waals surface area contributed by atoms with Crippen molar-refractivity contribution in [3.05, 3.63) is 62.4 Å². The van der Waals surface area contributed by atoms with E-state index in [1.807, 2.05) is 0 Å². The lowest BCUT2D eigenvalue weighted by Crippen LogP contribution is -2.00. The molecule has 0 saturated carbocycles. The lowest BCUT2D eigenvalue weighted by atomic mass is 10.2. The molecule has 9 heteroatoms. The predicted octanol–water partition coefficient (Wildman–Crippen LogP) is 2.80. The minimum atomic E-state index is -0.564. The Kier molecular flexibility index (Phi) is 4.09. The maximum absolute atomic E-state index is 11.4. The fourth-order valence-electron chi connectivity index (χ4n) is 1.79. The quantitative estimate of drug-likeness (QED) is 0.560. The van der Waals surface area contributed by atoms with Crippen LogP contribution in [0.2, 0.25) is 5.02 Å². The Bertz CT molecular complexity index is 988. The zero-order valence-corrected chi connectivity index (χ0v) is 13.0. The van der Waals surface area contributed by atoms with Gasteiger partial charge in [-0.3, -0.25) is 4.79 Å². The summed E-state index contributed by atoms with van der Waals surface area (Å²) < 4.78 is 6.69. The Morgan fingerprint density at radius 3 is 2.83 bits per heavy atom. The van der Waals surface area contributed by atoms with Crippen LogP contribution in [-0.2, 0) is 0 Å². The van der Waals surface area contributed by atoms with Crippen LogP contribution >= 0.6 is 23.8 Å². The van der Waals surface area contributed by atoms with Crippen LogP contribution < -0.4 is 5.43 Å². The van der Waals surface area contributed by atoms with E-state index in [0.29, 0.717) is 10.8 Å². The molecule has 2 aromatic heterocycles. The summed E-state index contributed by atoms with van der Waals surface area (Å²) in [6, 6.07) is 8.12. The van der Waals surface area contributed by atoms with Crippen LogP contribution in [-0.4, -0.2) is 26.2 Å². The molecule has 0 aliphatic carbocycles. The van der Waals surface area contributed by atoms with E-state index >= 15 is 0 Å². The molecule has 7 nitrogen and oxygen atoms in total. The van der Waals surface area contributed by atoms with E-state index in [-0.39, 0.29) is 10.5 Å². The van der Waals surface area contributed by atoms with Crippen LogP contribution in [0.1, 0.15) is 5.76 Å². The first-order valence-corrected chi connectivity index (χ1v) is 7.13. The van der Waals surface area contributed by atoms with Gasteiger partial charge in [-0.2, -0.15) is 14.9 Å². The van der Waals surface area contributed by atoms with Crippen LogP contribution in [0.25, 0.3) is 11.4 Å². The number of rotatable bonds is 3. The third-order valence-electron chi connectivity index (χ3n) is 2.89. The number of aromatic amines is 1. The van der Waals surface area contributed by atoms with Crippen LogP contribution in [0.5, 0.6) is 5.75 Å². The summed E-state index contributed by atoms with van der Waals surface area (Å²) in [6.07, 6.45) is 2.24. The van der Waals surface area contributed by atoms with Crippen LogP contribution in [0.3, 0.4) is 0 Å². The van der Waals surface area contributed by atoms with E-state index in [1.165, 1.54) is 10.9 Å². The normalized spacial score (nSPS) is 11.2. The highest BCUT2D eigenvalue weighted by Gasteiger charge is 2.08. The number of aromatic hydroxyl groups is 1. The summed E-state index contributed by atoms with van der Waals surface area (Å²) in [5.74, 6) is 0.172. The maximum Gasteiger partial charge on any atom is 0.227 e. The van der Waals surface area contributed by atoms with Crippen molar-refractivity contribution in [1.29, 1.82) is 0 Å². The molecule has 0 radical (unpaired) electrons. The first kappa shape index (κ1) is 15.2. The van der Waals surface area contributed by atoms with E-state index in [4.69, 9.17) is 33.3 Å². The second kappa shape index (κ2) is 6.19. The zero-order valence-electron chi connectivity index (χ0n) is 11.4. The summed E-state index contributed by atoms with van der Waals surface area (Å²) in [6.45, 7) is 0. The van der Waals surface area contributed by atoms with Gasteiger partial charge in [0.1, 0.15) is 6.26 Å². The molecule has 3 aromatic rings. The monoisotopic (exact) mass is 348 g/mol. The van der Waals surface area contributed by atoms with Crippen molar-refractivity contribution in [2.24, 2.45) is 5.10 Å². The van der Waals surface area contributed by atoms with Gasteiger partial charge in [0.2, 0.25) is 10.2 Å². The van der Waals surface area contributed by atoms with Gasteiger partial charge >= 0.3 is 0 Å². The second-order valence-electron chi connectivity index (χ2n) is 4.45. The smallest absolute Gasteiger partial charge is 0.227 e. The third-order valence-corrected chi connectivity index (χ3v) is 3.40. The highest BCUT2D eigenvalue weighted by Crippen LogP contribution is 2.19. The van der Waals surface area contributed by atoms with Gasteiger partial charge in [-0.15, -0.1) is 0 Å². The molecular weight excluding hydrogens is 340 g/mol. The van der Waals surface area contributed by atoms with Gasteiger partial charge < -0.3 is 9.52 Å². The SMILES string of the molecule is O=c1cc(C=Nn2c(-c3ccc(Cl)cc3)n[nH]c2=S)occ1O. The van der Waals surface area contributed by atoms with E-state index in [0.717, 1.165) is 17.9 Å². The van der Waals surface area contributed by atoms with Crippen molar-refractivity contribution in [3.63, 3.8) is 0 Å². The van der Waals surface area contributed by atoms with Crippen molar-refractivity contribution < 1.29 is 9.52 Å². The summed E-state index contributed by atoms with van der Waals surface area (Å²) >= 11 is 11.0. The Labute approximate surface area is 139 Å². The molecule has 0 aliphatic rings. The van der Waals surface area contributed by atoms with E-state index in [2.05, 4.69) is 15.3 Å². The maximum atomic E-state index is 11.4. The molecule has 2 heterocycles. The van der Waals surface area contributed by atoms with Gasteiger partial charge in [0.25, 0.3) is 0 Å². The number of hydrogen-bond donors (Lipinski definition) is 2.